The molecule has 0 bridgehead atoms. The lowest BCUT2D eigenvalue weighted by atomic mass is 10.0. The lowest BCUT2D eigenvalue weighted by Crippen LogP contribution is -2.42. The van der Waals surface area contributed by atoms with Crippen LogP contribution in [0.25, 0.3) is 0 Å². The van der Waals surface area contributed by atoms with Gasteiger partial charge < -0.3 is 14.8 Å². The minimum absolute atomic E-state index is 0.119. The molecule has 0 aromatic heterocycles. The molecule has 0 saturated carbocycles. The molecule has 1 amide bonds. The molecule has 0 radical (unpaired) electrons. The lowest BCUT2D eigenvalue weighted by molar-refractivity contribution is -0.120. The van der Waals surface area contributed by atoms with Crippen LogP contribution in [0, 0.1) is 3.57 Å². The quantitative estimate of drug-likeness (QED) is 0.342. The maximum absolute atomic E-state index is 13.4. The first-order valence-electron chi connectivity index (χ1n) is 10.6. The Morgan fingerprint density at radius 3 is 2.21 bits per heavy atom. The molecule has 180 valence electrons. The number of anilines is 1. The molecule has 3 aromatic carbocycles. The summed E-state index contributed by atoms with van der Waals surface area (Å²) >= 11 is 2.15. The van der Waals surface area contributed by atoms with Gasteiger partial charge in [-0.2, -0.15) is 0 Å². The van der Waals surface area contributed by atoms with E-state index in [1.165, 1.54) is 12.1 Å². The molecule has 3 rings (SSSR count). The van der Waals surface area contributed by atoms with Gasteiger partial charge in [-0.25, -0.2) is 8.42 Å². The SMILES string of the molecule is CCC(NC(=O)CN(c1ccc(I)cc1)S(=O)(=O)c1ccccc1)c1ccc(OC)c(OC)c1. The van der Waals surface area contributed by atoms with Crippen molar-refractivity contribution in [3.63, 3.8) is 0 Å². The first-order valence-corrected chi connectivity index (χ1v) is 13.2. The minimum Gasteiger partial charge on any atom is -0.493 e. The lowest BCUT2D eigenvalue weighted by Gasteiger charge is -2.26. The van der Waals surface area contributed by atoms with Gasteiger partial charge in [0, 0.05) is 3.57 Å². The predicted molar refractivity (Wildman–Crippen MR) is 141 cm³/mol. The van der Waals surface area contributed by atoms with Crippen molar-refractivity contribution in [1.29, 1.82) is 0 Å². The van der Waals surface area contributed by atoms with E-state index < -0.39 is 15.9 Å². The number of amides is 1. The summed E-state index contributed by atoms with van der Waals surface area (Å²) in [4.78, 5) is 13.2. The summed E-state index contributed by atoms with van der Waals surface area (Å²) in [5.74, 6) is 0.728. The molecule has 0 spiro atoms. The fraction of sp³-hybridized carbons (Fsp3) is 0.240. The van der Waals surface area contributed by atoms with Crippen LogP contribution < -0.4 is 19.1 Å². The molecule has 3 aromatic rings. The molecule has 0 aliphatic carbocycles. The van der Waals surface area contributed by atoms with Crippen molar-refractivity contribution in [2.24, 2.45) is 0 Å². The number of sulfonamides is 1. The maximum atomic E-state index is 13.4. The molecule has 0 aliphatic rings. The fourth-order valence-corrected chi connectivity index (χ4v) is 5.30. The average molecular weight is 594 g/mol. The first-order chi connectivity index (χ1) is 16.3. The molecule has 9 heteroatoms. The highest BCUT2D eigenvalue weighted by Gasteiger charge is 2.28. The van der Waals surface area contributed by atoms with E-state index in [0.29, 0.717) is 23.6 Å². The molecular weight excluding hydrogens is 567 g/mol. The van der Waals surface area contributed by atoms with Crippen molar-refractivity contribution in [3.8, 4) is 11.5 Å². The highest BCUT2D eigenvalue weighted by Crippen LogP contribution is 2.31. The van der Waals surface area contributed by atoms with Gasteiger partial charge in [0.25, 0.3) is 10.0 Å². The zero-order chi connectivity index (χ0) is 24.7. The molecule has 1 atom stereocenters. The summed E-state index contributed by atoms with van der Waals surface area (Å²) in [6.45, 7) is 1.58. The third-order valence-corrected chi connectivity index (χ3v) is 7.79. The summed E-state index contributed by atoms with van der Waals surface area (Å²) in [5, 5.41) is 2.96. The van der Waals surface area contributed by atoms with Gasteiger partial charge in [0.15, 0.2) is 11.5 Å². The number of carbonyl (C=O) groups excluding carboxylic acids is 1. The van der Waals surface area contributed by atoms with Gasteiger partial charge in [-0.15, -0.1) is 0 Å². The van der Waals surface area contributed by atoms with Crippen LogP contribution in [-0.4, -0.2) is 35.1 Å². The number of hydrogen-bond donors (Lipinski definition) is 1. The molecule has 1 N–H and O–H groups in total. The Bertz CT molecular complexity index is 1220. The van der Waals surface area contributed by atoms with Crippen LogP contribution in [0.15, 0.2) is 77.7 Å². The number of rotatable bonds is 10. The Balaban J connectivity index is 1.89. The van der Waals surface area contributed by atoms with Crippen LogP contribution in [0.1, 0.15) is 24.9 Å². The summed E-state index contributed by atoms with van der Waals surface area (Å²) in [6, 6.07) is 20.2. The van der Waals surface area contributed by atoms with Crippen LogP contribution in [0.3, 0.4) is 0 Å². The van der Waals surface area contributed by atoms with E-state index in [4.69, 9.17) is 9.47 Å². The second kappa shape index (κ2) is 11.6. The van der Waals surface area contributed by atoms with Gasteiger partial charge in [0.1, 0.15) is 6.54 Å². The Labute approximate surface area is 214 Å². The van der Waals surface area contributed by atoms with E-state index in [9.17, 15) is 13.2 Å². The largest absolute Gasteiger partial charge is 0.493 e. The van der Waals surface area contributed by atoms with Crippen LogP contribution in [0.5, 0.6) is 11.5 Å². The molecule has 1 unspecified atom stereocenters. The summed E-state index contributed by atoms with van der Waals surface area (Å²) in [7, 11) is -0.847. The van der Waals surface area contributed by atoms with E-state index in [2.05, 4.69) is 27.9 Å². The van der Waals surface area contributed by atoms with Gasteiger partial charge in [-0.1, -0.05) is 31.2 Å². The summed E-state index contributed by atoms with van der Waals surface area (Å²) in [5.41, 5.74) is 1.25. The smallest absolute Gasteiger partial charge is 0.264 e. The van der Waals surface area contributed by atoms with E-state index in [-0.39, 0.29) is 17.5 Å². The number of benzene rings is 3. The highest BCUT2D eigenvalue weighted by atomic mass is 127. The Morgan fingerprint density at radius 2 is 1.62 bits per heavy atom. The molecule has 7 nitrogen and oxygen atoms in total. The topological polar surface area (TPSA) is 84.9 Å². The van der Waals surface area contributed by atoms with Crippen molar-refractivity contribution in [3.05, 3.63) is 81.9 Å². The number of ether oxygens (including phenoxy) is 2. The number of carbonyl (C=O) groups is 1. The number of nitrogens with one attached hydrogen (secondary N) is 1. The molecule has 34 heavy (non-hydrogen) atoms. The van der Waals surface area contributed by atoms with Gasteiger partial charge in [-0.05, 0) is 83.1 Å². The Kier molecular flexibility index (Phi) is 8.78. The predicted octanol–water partition coefficient (Wildman–Crippen LogP) is 4.77. The average Bonchev–Trinajstić information content (AvgIpc) is 2.86. The van der Waals surface area contributed by atoms with E-state index >= 15 is 0 Å². The van der Waals surface area contributed by atoms with Crippen molar-refractivity contribution >= 4 is 44.2 Å². The van der Waals surface area contributed by atoms with Gasteiger partial charge >= 0.3 is 0 Å². The third-order valence-electron chi connectivity index (χ3n) is 5.29. The number of halogens is 1. The fourth-order valence-electron chi connectivity index (χ4n) is 3.50. The van der Waals surface area contributed by atoms with Crippen LogP contribution >= 0.6 is 22.6 Å². The van der Waals surface area contributed by atoms with Crippen molar-refractivity contribution < 1.29 is 22.7 Å². The molecule has 0 saturated heterocycles. The van der Waals surface area contributed by atoms with Gasteiger partial charge in [0.2, 0.25) is 5.91 Å². The van der Waals surface area contributed by atoms with Crippen molar-refractivity contribution in [1.82, 2.24) is 5.32 Å². The minimum atomic E-state index is -3.96. The summed E-state index contributed by atoms with van der Waals surface area (Å²) in [6.07, 6.45) is 0.607. The number of methoxy groups -OCH3 is 2. The number of nitrogens with zero attached hydrogens (tertiary/aromatic N) is 1. The van der Waals surface area contributed by atoms with E-state index in [1.54, 1.807) is 62.8 Å². The van der Waals surface area contributed by atoms with E-state index in [1.807, 2.05) is 19.1 Å². The van der Waals surface area contributed by atoms with Gasteiger partial charge in [-0.3, -0.25) is 9.10 Å². The third kappa shape index (κ3) is 6.01. The monoisotopic (exact) mass is 594 g/mol. The standard InChI is InChI=1S/C25H27IN2O5S/c1-4-22(18-10-15-23(32-2)24(16-18)33-3)27-25(29)17-28(20-13-11-19(26)12-14-20)34(30,31)21-8-6-5-7-9-21/h5-16,22H,4,17H2,1-3H3,(H,27,29). The molecular formula is C25H27IN2O5S. The molecule has 0 heterocycles. The number of hydrogen-bond acceptors (Lipinski definition) is 5. The Hall–Kier alpha value is -2.79. The maximum Gasteiger partial charge on any atom is 0.264 e. The Morgan fingerprint density at radius 1 is 0.971 bits per heavy atom. The molecule has 0 aliphatic heterocycles. The zero-order valence-corrected chi connectivity index (χ0v) is 22.2. The normalized spacial score (nSPS) is 12.0. The second-order valence-corrected chi connectivity index (χ2v) is 10.6. The van der Waals surface area contributed by atoms with Crippen LogP contribution in [0.2, 0.25) is 0 Å². The zero-order valence-electron chi connectivity index (χ0n) is 19.2. The van der Waals surface area contributed by atoms with E-state index in [0.717, 1.165) is 13.4 Å². The van der Waals surface area contributed by atoms with Crippen LogP contribution in [-0.2, 0) is 14.8 Å². The second-order valence-electron chi connectivity index (χ2n) is 7.44. The first kappa shape index (κ1) is 25.8. The van der Waals surface area contributed by atoms with Crippen molar-refractivity contribution in [2.45, 2.75) is 24.3 Å². The summed E-state index contributed by atoms with van der Waals surface area (Å²) < 4.78 is 39.7. The van der Waals surface area contributed by atoms with Crippen LogP contribution in [0.4, 0.5) is 5.69 Å². The highest BCUT2D eigenvalue weighted by molar-refractivity contribution is 14.1. The van der Waals surface area contributed by atoms with Crippen molar-refractivity contribution in [2.75, 3.05) is 25.1 Å². The molecule has 0 fully saturated rings. The van der Waals surface area contributed by atoms with Gasteiger partial charge in [0.05, 0.1) is 30.8 Å².